The van der Waals surface area contributed by atoms with Gasteiger partial charge in [-0.1, -0.05) is 29.8 Å². The van der Waals surface area contributed by atoms with E-state index in [4.69, 9.17) is 21.1 Å². The van der Waals surface area contributed by atoms with E-state index < -0.39 is 11.2 Å². The number of rotatable bonds is 8. The second kappa shape index (κ2) is 9.40. The number of carbonyl (C=O) groups is 1. The molecule has 0 spiro atoms. The zero-order valence-corrected chi connectivity index (χ0v) is 16.5. The maximum atomic E-state index is 12.5. The quantitative estimate of drug-likeness (QED) is 0.548. The Labute approximate surface area is 171 Å². The van der Waals surface area contributed by atoms with Crippen LogP contribution in [0.5, 0.6) is 5.75 Å². The number of benzene rings is 2. The second-order valence-electron chi connectivity index (χ2n) is 6.18. The normalized spacial score (nSPS) is 10.8. The monoisotopic (exact) mass is 417 g/mol. The Kier molecular flexibility index (Phi) is 6.69. The molecule has 0 radical (unpaired) electrons. The molecule has 1 heterocycles. The van der Waals surface area contributed by atoms with Crippen molar-refractivity contribution in [1.82, 2.24) is 9.55 Å². The van der Waals surface area contributed by atoms with Crippen LogP contribution in [0.25, 0.3) is 10.9 Å². The fraction of sp³-hybridized carbons (Fsp3) is 0.250. The van der Waals surface area contributed by atoms with E-state index in [-0.39, 0.29) is 25.5 Å². The lowest BCUT2D eigenvalue weighted by Crippen LogP contribution is -2.31. The van der Waals surface area contributed by atoms with Crippen LogP contribution in [-0.4, -0.2) is 35.8 Å². The van der Waals surface area contributed by atoms with Crippen molar-refractivity contribution in [3.63, 3.8) is 0 Å². The van der Waals surface area contributed by atoms with Crippen LogP contribution in [0.3, 0.4) is 0 Å². The number of fused-ring (bicyclic) bond motifs is 1. The SMILES string of the molecule is COCCOc1c(Cl)cccc1NC(=O)CCn1c(=O)[nH]c(=O)c2ccccc21. The number of hydrogen-bond donors (Lipinski definition) is 2. The number of carbonyl (C=O) groups excluding carboxylic acids is 1. The van der Waals surface area contributed by atoms with Gasteiger partial charge in [0.15, 0.2) is 5.75 Å². The van der Waals surface area contributed by atoms with E-state index in [1.165, 1.54) is 4.57 Å². The molecule has 0 aliphatic rings. The van der Waals surface area contributed by atoms with Crippen molar-refractivity contribution in [1.29, 1.82) is 0 Å². The molecule has 2 aromatic carbocycles. The molecule has 0 aliphatic heterocycles. The zero-order chi connectivity index (χ0) is 20.8. The van der Waals surface area contributed by atoms with Crippen LogP contribution in [0.1, 0.15) is 6.42 Å². The Morgan fingerprint density at radius 2 is 1.93 bits per heavy atom. The third-order valence-corrected chi connectivity index (χ3v) is 4.54. The first kappa shape index (κ1) is 20.6. The molecule has 0 atom stereocenters. The topological polar surface area (TPSA) is 102 Å². The van der Waals surface area contributed by atoms with Gasteiger partial charge < -0.3 is 14.8 Å². The number of nitrogens with zero attached hydrogens (tertiary/aromatic N) is 1. The molecule has 8 nitrogen and oxygen atoms in total. The van der Waals surface area contributed by atoms with Gasteiger partial charge in [0, 0.05) is 20.1 Å². The second-order valence-corrected chi connectivity index (χ2v) is 6.59. The van der Waals surface area contributed by atoms with Gasteiger partial charge in [-0.3, -0.25) is 19.1 Å². The fourth-order valence-corrected chi connectivity index (χ4v) is 3.10. The molecule has 0 aliphatic carbocycles. The summed E-state index contributed by atoms with van der Waals surface area (Å²) in [6.07, 6.45) is 0.0139. The molecule has 3 rings (SSSR count). The predicted octanol–water partition coefficient (Wildman–Crippen LogP) is 2.40. The van der Waals surface area contributed by atoms with Gasteiger partial charge in [-0.15, -0.1) is 0 Å². The number of aryl methyl sites for hydroxylation is 1. The van der Waals surface area contributed by atoms with Gasteiger partial charge in [-0.2, -0.15) is 0 Å². The lowest BCUT2D eigenvalue weighted by Gasteiger charge is -2.14. The highest BCUT2D eigenvalue weighted by Crippen LogP contribution is 2.33. The summed E-state index contributed by atoms with van der Waals surface area (Å²) in [5.41, 5.74) is -0.117. The highest BCUT2D eigenvalue weighted by atomic mass is 35.5. The molecule has 152 valence electrons. The molecule has 1 amide bonds. The fourth-order valence-electron chi connectivity index (χ4n) is 2.87. The van der Waals surface area contributed by atoms with Gasteiger partial charge in [0.25, 0.3) is 5.56 Å². The average Bonchev–Trinajstić information content (AvgIpc) is 2.70. The van der Waals surface area contributed by atoms with Crippen LogP contribution >= 0.6 is 11.6 Å². The van der Waals surface area contributed by atoms with Gasteiger partial charge in [0.05, 0.1) is 28.2 Å². The summed E-state index contributed by atoms with van der Waals surface area (Å²) in [7, 11) is 1.56. The van der Waals surface area contributed by atoms with Crippen LogP contribution in [0, 0.1) is 0 Å². The van der Waals surface area contributed by atoms with Crippen molar-refractivity contribution in [2.24, 2.45) is 0 Å². The third kappa shape index (κ3) is 4.85. The van der Waals surface area contributed by atoms with Crippen molar-refractivity contribution in [2.75, 3.05) is 25.6 Å². The molecule has 3 aromatic rings. The number of H-pyrrole nitrogens is 1. The van der Waals surface area contributed by atoms with E-state index in [2.05, 4.69) is 10.3 Å². The number of amides is 1. The number of anilines is 1. The number of para-hydroxylation sites is 2. The number of aromatic nitrogens is 2. The average molecular weight is 418 g/mol. The molecular formula is C20H20ClN3O5. The number of halogens is 1. The number of hydrogen-bond acceptors (Lipinski definition) is 5. The molecule has 0 fully saturated rings. The number of nitrogens with one attached hydrogen (secondary N) is 2. The molecule has 9 heteroatoms. The minimum Gasteiger partial charge on any atom is -0.487 e. The lowest BCUT2D eigenvalue weighted by molar-refractivity contribution is -0.116. The summed E-state index contributed by atoms with van der Waals surface area (Å²) < 4.78 is 11.9. The van der Waals surface area contributed by atoms with Gasteiger partial charge in [-0.25, -0.2) is 4.79 Å². The molecule has 2 N–H and O–H groups in total. The van der Waals surface area contributed by atoms with Crippen molar-refractivity contribution in [3.8, 4) is 5.75 Å². The third-order valence-electron chi connectivity index (χ3n) is 4.24. The summed E-state index contributed by atoms with van der Waals surface area (Å²) in [5, 5.41) is 3.50. The van der Waals surface area contributed by atoms with E-state index in [0.717, 1.165) is 0 Å². The maximum absolute atomic E-state index is 12.5. The Morgan fingerprint density at radius 1 is 1.14 bits per heavy atom. The number of aromatic amines is 1. The number of ether oxygens (including phenoxy) is 2. The van der Waals surface area contributed by atoms with Crippen LogP contribution < -0.4 is 21.3 Å². The summed E-state index contributed by atoms with van der Waals surface area (Å²) >= 11 is 6.17. The van der Waals surface area contributed by atoms with Gasteiger partial charge in [0.1, 0.15) is 6.61 Å². The van der Waals surface area contributed by atoms with Gasteiger partial charge in [0.2, 0.25) is 5.91 Å². The highest BCUT2D eigenvalue weighted by molar-refractivity contribution is 6.32. The predicted molar refractivity (Wildman–Crippen MR) is 111 cm³/mol. The molecule has 29 heavy (non-hydrogen) atoms. The van der Waals surface area contributed by atoms with Crippen molar-refractivity contribution in [3.05, 3.63) is 68.3 Å². The standard InChI is InChI=1S/C20H20ClN3O5/c1-28-11-12-29-18-14(21)6-4-7-15(18)22-17(25)9-10-24-16-8-3-2-5-13(16)19(26)23-20(24)27/h2-8H,9-12H2,1H3,(H,22,25)(H,23,26,27). The molecule has 0 saturated heterocycles. The van der Waals surface area contributed by atoms with Crippen molar-refractivity contribution >= 4 is 34.1 Å². The van der Waals surface area contributed by atoms with Gasteiger partial charge >= 0.3 is 5.69 Å². The summed E-state index contributed by atoms with van der Waals surface area (Å²) in [6, 6.07) is 11.8. The molecule has 0 unspecified atom stereocenters. The first-order valence-electron chi connectivity index (χ1n) is 8.93. The first-order valence-corrected chi connectivity index (χ1v) is 9.31. The summed E-state index contributed by atoms with van der Waals surface area (Å²) in [4.78, 5) is 38.9. The van der Waals surface area contributed by atoms with E-state index in [0.29, 0.717) is 34.0 Å². The minimum atomic E-state index is -0.562. The highest BCUT2D eigenvalue weighted by Gasteiger charge is 2.13. The number of methoxy groups -OCH3 is 1. The van der Waals surface area contributed by atoms with Crippen LogP contribution in [0.4, 0.5) is 5.69 Å². The minimum absolute atomic E-state index is 0.0139. The summed E-state index contributed by atoms with van der Waals surface area (Å²) in [5.74, 6) is 0.0252. The molecule has 1 aromatic heterocycles. The maximum Gasteiger partial charge on any atom is 0.328 e. The van der Waals surface area contributed by atoms with Crippen LogP contribution in [0.2, 0.25) is 5.02 Å². The largest absolute Gasteiger partial charge is 0.487 e. The van der Waals surface area contributed by atoms with E-state index in [1.807, 2.05) is 0 Å². The van der Waals surface area contributed by atoms with E-state index in [9.17, 15) is 14.4 Å². The Balaban J connectivity index is 1.75. The van der Waals surface area contributed by atoms with Crippen LogP contribution in [0.15, 0.2) is 52.1 Å². The Bertz CT molecular complexity index is 1140. The zero-order valence-electron chi connectivity index (χ0n) is 15.7. The Morgan fingerprint density at radius 3 is 2.72 bits per heavy atom. The first-order chi connectivity index (χ1) is 14.0. The molecule has 0 saturated carbocycles. The van der Waals surface area contributed by atoms with Crippen LogP contribution in [-0.2, 0) is 16.1 Å². The van der Waals surface area contributed by atoms with E-state index in [1.54, 1.807) is 49.6 Å². The van der Waals surface area contributed by atoms with E-state index >= 15 is 0 Å². The summed E-state index contributed by atoms with van der Waals surface area (Å²) in [6.45, 7) is 0.755. The van der Waals surface area contributed by atoms with Gasteiger partial charge in [-0.05, 0) is 24.3 Å². The lowest BCUT2D eigenvalue weighted by atomic mass is 10.2. The smallest absolute Gasteiger partial charge is 0.328 e. The molecular weight excluding hydrogens is 398 g/mol. The van der Waals surface area contributed by atoms with Crippen molar-refractivity contribution in [2.45, 2.75) is 13.0 Å². The Hall–Kier alpha value is -3.10. The molecule has 0 bridgehead atoms. The van der Waals surface area contributed by atoms with Crippen molar-refractivity contribution < 1.29 is 14.3 Å².